The second kappa shape index (κ2) is 6.02. The number of anilines is 1. The minimum Gasteiger partial charge on any atom is -0.396 e. The monoisotopic (exact) mass is 263 g/mol. The zero-order valence-corrected chi connectivity index (χ0v) is 11.5. The van der Waals surface area contributed by atoms with Gasteiger partial charge in [0.15, 0.2) is 0 Å². The van der Waals surface area contributed by atoms with E-state index in [-0.39, 0.29) is 12.5 Å². The molecular weight excluding hydrogens is 242 g/mol. The molecule has 0 bridgehead atoms. The molecule has 0 saturated carbocycles. The van der Waals surface area contributed by atoms with Gasteiger partial charge in [0, 0.05) is 45.6 Å². The van der Waals surface area contributed by atoms with Crippen LogP contribution in [0.4, 0.5) is 5.82 Å². The molecule has 104 valence electrons. The first kappa shape index (κ1) is 13.8. The molecule has 1 aliphatic heterocycles. The molecule has 1 saturated heterocycles. The van der Waals surface area contributed by atoms with Crippen LogP contribution in [0.25, 0.3) is 0 Å². The van der Waals surface area contributed by atoms with Crippen molar-refractivity contribution in [1.29, 1.82) is 0 Å². The molecule has 0 atom stereocenters. The van der Waals surface area contributed by atoms with E-state index in [0.29, 0.717) is 11.5 Å². The van der Waals surface area contributed by atoms with E-state index < -0.39 is 0 Å². The lowest BCUT2D eigenvalue weighted by Gasteiger charge is -2.31. The fraction of sp³-hybridized carbons (Fsp3) is 0.571. The Kier molecular flexibility index (Phi) is 4.37. The van der Waals surface area contributed by atoms with Gasteiger partial charge in [-0.2, -0.15) is 0 Å². The van der Waals surface area contributed by atoms with Gasteiger partial charge >= 0.3 is 0 Å². The van der Waals surface area contributed by atoms with E-state index in [9.17, 15) is 4.79 Å². The van der Waals surface area contributed by atoms with Gasteiger partial charge < -0.3 is 14.9 Å². The number of piperidine rings is 1. The summed E-state index contributed by atoms with van der Waals surface area (Å²) in [6, 6.07) is 3.58. The Hall–Kier alpha value is -1.62. The van der Waals surface area contributed by atoms with E-state index >= 15 is 0 Å². The largest absolute Gasteiger partial charge is 0.396 e. The van der Waals surface area contributed by atoms with Crippen LogP contribution in [0.1, 0.15) is 23.2 Å². The first-order valence-electron chi connectivity index (χ1n) is 6.65. The lowest BCUT2D eigenvalue weighted by molar-refractivity contribution is 0.0651. The molecule has 0 radical (unpaired) electrons. The first-order valence-corrected chi connectivity index (χ1v) is 6.65. The minimum atomic E-state index is 0.0573. The number of hydrogen-bond donors (Lipinski definition) is 1. The van der Waals surface area contributed by atoms with Crippen LogP contribution in [0.3, 0.4) is 0 Å². The summed E-state index contributed by atoms with van der Waals surface area (Å²) in [6.07, 6.45) is 3.44. The van der Waals surface area contributed by atoms with Gasteiger partial charge in [0.2, 0.25) is 0 Å². The van der Waals surface area contributed by atoms with Crippen LogP contribution in [-0.2, 0) is 0 Å². The number of carbonyl (C=O) groups excluding carboxylic acids is 1. The maximum atomic E-state index is 12.4. The quantitative estimate of drug-likeness (QED) is 0.883. The molecule has 0 aromatic carbocycles. The number of aliphatic hydroxyl groups excluding tert-OH is 1. The topological polar surface area (TPSA) is 56.7 Å². The molecule has 2 heterocycles. The standard InChI is InChI=1S/C14H21N3O2/c1-16(2)13-9-12(3-6-15-13)14(19)17-7-4-11(10-18)5-8-17/h3,6,9,11,18H,4-5,7-8,10H2,1-2H3. The second-order valence-electron chi connectivity index (χ2n) is 5.22. The minimum absolute atomic E-state index is 0.0573. The average Bonchev–Trinajstić information content (AvgIpc) is 2.46. The summed E-state index contributed by atoms with van der Waals surface area (Å²) in [4.78, 5) is 20.3. The SMILES string of the molecule is CN(C)c1cc(C(=O)N2CCC(CO)CC2)ccn1. The van der Waals surface area contributed by atoms with Crippen molar-refractivity contribution in [2.45, 2.75) is 12.8 Å². The van der Waals surface area contributed by atoms with Crippen molar-refractivity contribution >= 4 is 11.7 Å². The van der Waals surface area contributed by atoms with E-state index in [1.165, 1.54) is 0 Å². The van der Waals surface area contributed by atoms with E-state index in [2.05, 4.69) is 4.98 Å². The van der Waals surface area contributed by atoms with Gasteiger partial charge in [-0.1, -0.05) is 0 Å². The Labute approximate surface area is 113 Å². The third-order valence-electron chi connectivity index (χ3n) is 3.61. The number of amides is 1. The normalized spacial score (nSPS) is 16.5. The molecule has 1 aromatic heterocycles. The van der Waals surface area contributed by atoms with Crippen molar-refractivity contribution in [1.82, 2.24) is 9.88 Å². The molecule has 5 heteroatoms. The maximum Gasteiger partial charge on any atom is 0.254 e. The second-order valence-corrected chi connectivity index (χ2v) is 5.22. The molecule has 1 aliphatic rings. The summed E-state index contributed by atoms with van der Waals surface area (Å²) in [5.74, 6) is 1.19. The van der Waals surface area contributed by atoms with Gasteiger partial charge in [-0.15, -0.1) is 0 Å². The fourth-order valence-electron chi connectivity index (χ4n) is 2.30. The summed E-state index contributed by atoms with van der Waals surface area (Å²) in [5.41, 5.74) is 0.682. The molecule has 0 aliphatic carbocycles. The summed E-state index contributed by atoms with van der Waals surface area (Å²) in [6.45, 7) is 1.68. The highest BCUT2D eigenvalue weighted by Gasteiger charge is 2.23. The Balaban J connectivity index is 2.06. The van der Waals surface area contributed by atoms with Crippen LogP contribution in [0.2, 0.25) is 0 Å². The Morgan fingerprint density at radius 1 is 1.47 bits per heavy atom. The van der Waals surface area contributed by atoms with Crippen LogP contribution < -0.4 is 4.90 Å². The van der Waals surface area contributed by atoms with Gasteiger partial charge in [-0.05, 0) is 30.9 Å². The molecule has 5 nitrogen and oxygen atoms in total. The number of aromatic nitrogens is 1. The van der Waals surface area contributed by atoms with Crippen molar-refractivity contribution in [2.75, 3.05) is 38.7 Å². The summed E-state index contributed by atoms with van der Waals surface area (Å²) < 4.78 is 0. The number of pyridine rings is 1. The van der Waals surface area contributed by atoms with Crippen molar-refractivity contribution in [3.63, 3.8) is 0 Å². The summed E-state index contributed by atoms with van der Waals surface area (Å²) >= 11 is 0. The zero-order valence-electron chi connectivity index (χ0n) is 11.5. The number of aliphatic hydroxyl groups is 1. The highest BCUT2D eigenvalue weighted by atomic mass is 16.3. The molecule has 1 fully saturated rings. The predicted molar refractivity (Wildman–Crippen MR) is 74.3 cm³/mol. The van der Waals surface area contributed by atoms with Crippen molar-refractivity contribution < 1.29 is 9.90 Å². The maximum absolute atomic E-state index is 12.4. The third kappa shape index (κ3) is 3.23. The van der Waals surface area contributed by atoms with E-state index in [4.69, 9.17) is 5.11 Å². The van der Waals surface area contributed by atoms with E-state index in [0.717, 1.165) is 31.7 Å². The highest BCUT2D eigenvalue weighted by Crippen LogP contribution is 2.19. The molecule has 0 spiro atoms. The number of hydrogen-bond acceptors (Lipinski definition) is 4. The van der Waals surface area contributed by atoms with E-state index in [1.807, 2.05) is 30.0 Å². The zero-order chi connectivity index (χ0) is 13.8. The fourth-order valence-corrected chi connectivity index (χ4v) is 2.30. The van der Waals surface area contributed by atoms with Gasteiger partial charge in [0.1, 0.15) is 5.82 Å². The third-order valence-corrected chi connectivity index (χ3v) is 3.61. The van der Waals surface area contributed by atoms with Crippen LogP contribution in [0, 0.1) is 5.92 Å². The number of carbonyl (C=O) groups is 1. The Morgan fingerprint density at radius 2 is 2.16 bits per heavy atom. The molecular formula is C14H21N3O2. The van der Waals surface area contributed by atoms with Crippen LogP contribution in [0.5, 0.6) is 0 Å². The average molecular weight is 263 g/mol. The van der Waals surface area contributed by atoms with Crippen LogP contribution in [-0.4, -0.2) is 54.7 Å². The van der Waals surface area contributed by atoms with Gasteiger partial charge in [0.25, 0.3) is 5.91 Å². The lowest BCUT2D eigenvalue weighted by Crippen LogP contribution is -2.39. The molecule has 2 rings (SSSR count). The summed E-state index contributed by atoms with van der Waals surface area (Å²) in [5, 5.41) is 9.11. The number of nitrogens with zero attached hydrogens (tertiary/aromatic N) is 3. The van der Waals surface area contributed by atoms with Gasteiger partial charge in [-0.3, -0.25) is 4.79 Å². The van der Waals surface area contributed by atoms with Crippen LogP contribution in [0.15, 0.2) is 18.3 Å². The highest BCUT2D eigenvalue weighted by molar-refractivity contribution is 5.94. The van der Waals surface area contributed by atoms with Crippen molar-refractivity contribution in [2.24, 2.45) is 5.92 Å². The van der Waals surface area contributed by atoms with Gasteiger partial charge in [-0.25, -0.2) is 4.98 Å². The molecule has 19 heavy (non-hydrogen) atoms. The molecule has 1 amide bonds. The van der Waals surface area contributed by atoms with E-state index in [1.54, 1.807) is 12.3 Å². The number of rotatable bonds is 3. The summed E-state index contributed by atoms with van der Waals surface area (Å²) in [7, 11) is 3.81. The Morgan fingerprint density at radius 3 is 2.74 bits per heavy atom. The smallest absolute Gasteiger partial charge is 0.254 e. The van der Waals surface area contributed by atoms with Crippen molar-refractivity contribution in [3.05, 3.63) is 23.9 Å². The van der Waals surface area contributed by atoms with Crippen LogP contribution >= 0.6 is 0 Å². The van der Waals surface area contributed by atoms with Crippen molar-refractivity contribution in [3.8, 4) is 0 Å². The first-order chi connectivity index (χ1) is 9.11. The molecule has 1 N–H and O–H groups in total. The number of likely N-dealkylation sites (tertiary alicyclic amines) is 1. The predicted octanol–water partition coefficient (Wildman–Crippen LogP) is 0.992. The molecule has 0 unspecified atom stereocenters. The van der Waals surface area contributed by atoms with Gasteiger partial charge in [0.05, 0.1) is 0 Å². The Bertz CT molecular complexity index is 440. The molecule has 1 aromatic rings. The lowest BCUT2D eigenvalue weighted by atomic mass is 9.97.